The van der Waals surface area contributed by atoms with Crippen LogP contribution in [0.15, 0.2) is 36.4 Å². The number of aromatic nitrogens is 3. The number of nitrogens with zero attached hydrogens (tertiary/aromatic N) is 3. The largest absolute Gasteiger partial charge is 0.484 e. The fourth-order valence-corrected chi connectivity index (χ4v) is 3.96. The second kappa shape index (κ2) is 9.07. The Morgan fingerprint density at radius 3 is 2.49 bits per heavy atom. The van der Waals surface area contributed by atoms with Crippen molar-refractivity contribution in [3.63, 3.8) is 0 Å². The van der Waals surface area contributed by atoms with Crippen LogP contribution in [0.2, 0.25) is 5.02 Å². The Bertz CT molecular complexity index is 1540. The lowest BCUT2D eigenvalue weighted by Crippen LogP contribution is -2.22. The quantitative estimate of drug-likeness (QED) is 0.324. The third-order valence-electron chi connectivity index (χ3n) is 5.45. The number of benzene rings is 2. The van der Waals surface area contributed by atoms with E-state index in [1.54, 1.807) is 7.05 Å². The van der Waals surface area contributed by atoms with Crippen LogP contribution in [0.5, 0.6) is 11.5 Å². The van der Waals surface area contributed by atoms with Gasteiger partial charge in [0.1, 0.15) is 30.4 Å². The molecule has 3 heterocycles. The molecule has 1 aliphatic rings. The minimum absolute atomic E-state index is 0.00180. The van der Waals surface area contributed by atoms with Gasteiger partial charge in [-0.15, -0.1) is 0 Å². The van der Waals surface area contributed by atoms with E-state index in [-0.39, 0.29) is 58.4 Å². The fraction of sp³-hybridized carbons (Fsp3) is 0.174. The molecule has 2 aromatic carbocycles. The van der Waals surface area contributed by atoms with Gasteiger partial charge in [0.2, 0.25) is 5.95 Å². The van der Waals surface area contributed by atoms with Gasteiger partial charge >= 0.3 is 6.18 Å². The SMILES string of the molecule is Cn1c(Nc2c(F)cccc2Cl)nc2nc(C(=O)Nc3ccc(F)c(C(F)(F)F)c3)c3c(c21)OCCO3. The van der Waals surface area contributed by atoms with Crippen LogP contribution in [-0.4, -0.2) is 33.7 Å². The first-order valence-electron chi connectivity index (χ1n) is 10.6. The minimum Gasteiger partial charge on any atom is -0.484 e. The zero-order valence-corrected chi connectivity index (χ0v) is 19.5. The van der Waals surface area contributed by atoms with E-state index >= 15 is 0 Å². The van der Waals surface area contributed by atoms with Crippen LogP contribution < -0.4 is 20.1 Å². The smallest absolute Gasteiger partial charge is 0.419 e. The number of fused-ring (bicyclic) bond motifs is 3. The lowest BCUT2D eigenvalue weighted by molar-refractivity contribution is -0.139. The van der Waals surface area contributed by atoms with Crippen LogP contribution in [0.1, 0.15) is 16.1 Å². The topological polar surface area (TPSA) is 90.3 Å². The molecule has 8 nitrogen and oxygen atoms in total. The predicted molar refractivity (Wildman–Crippen MR) is 124 cm³/mol. The molecule has 0 radical (unpaired) electrons. The summed E-state index contributed by atoms with van der Waals surface area (Å²) in [6, 6.07) is 6.16. The molecule has 0 saturated carbocycles. The van der Waals surface area contributed by atoms with Gasteiger partial charge in [-0.2, -0.15) is 18.2 Å². The molecule has 37 heavy (non-hydrogen) atoms. The Kier molecular flexibility index (Phi) is 6.02. The van der Waals surface area contributed by atoms with Crippen molar-refractivity contribution in [1.82, 2.24) is 14.5 Å². The summed E-state index contributed by atoms with van der Waals surface area (Å²) in [6.07, 6.45) is -4.96. The molecule has 1 aliphatic heterocycles. The molecule has 14 heteroatoms. The molecule has 4 aromatic rings. The van der Waals surface area contributed by atoms with E-state index in [1.165, 1.54) is 22.8 Å². The summed E-state index contributed by atoms with van der Waals surface area (Å²) < 4.78 is 80.0. The van der Waals surface area contributed by atoms with Gasteiger partial charge in [-0.3, -0.25) is 4.79 Å². The number of nitrogens with one attached hydrogen (secondary N) is 2. The lowest BCUT2D eigenvalue weighted by Gasteiger charge is -2.21. The van der Waals surface area contributed by atoms with E-state index in [9.17, 15) is 26.7 Å². The number of hydrogen-bond acceptors (Lipinski definition) is 6. The number of hydrogen-bond donors (Lipinski definition) is 2. The predicted octanol–water partition coefficient (Wildman–Crippen LogP) is 5.69. The van der Waals surface area contributed by atoms with E-state index < -0.39 is 29.3 Å². The Morgan fingerprint density at radius 2 is 1.78 bits per heavy atom. The summed E-state index contributed by atoms with van der Waals surface area (Å²) in [5.74, 6) is -2.90. The van der Waals surface area contributed by atoms with E-state index in [1.807, 2.05) is 0 Å². The third kappa shape index (κ3) is 4.46. The number of amides is 1. The molecule has 2 N–H and O–H groups in total. The highest BCUT2D eigenvalue weighted by atomic mass is 35.5. The summed E-state index contributed by atoms with van der Waals surface area (Å²) in [4.78, 5) is 21.6. The van der Waals surface area contributed by atoms with Crippen molar-refractivity contribution in [1.29, 1.82) is 0 Å². The summed E-state index contributed by atoms with van der Waals surface area (Å²) in [5.41, 5.74) is -1.91. The minimum atomic E-state index is -4.96. The highest BCUT2D eigenvalue weighted by molar-refractivity contribution is 6.33. The first-order valence-corrected chi connectivity index (χ1v) is 11.0. The average molecular weight is 540 g/mol. The van der Waals surface area contributed by atoms with Gasteiger partial charge in [0.15, 0.2) is 22.8 Å². The monoisotopic (exact) mass is 539 g/mol. The van der Waals surface area contributed by atoms with Crippen molar-refractivity contribution in [2.75, 3.05) is 23.8 Å². The van der Waals surface area contributed by atoms with Gasteiger partial charge in [-0.1, -0.05) is 17.7 Å². The van der Waals surface area contributed by atoms with Crippen molar-refractivity contribution in [3.8, 4) is 11.5 Å². The van der Waals surface area contributed by atoms with E-state index in [0.29, 0.717) is 17.6 Å². The van der Waals surface area contributed by atoms with E-state index in [4.69, 9.17) is 21.1 Å². The number of rotatable bonds is 4. The van der Waals surface area contributed by atoms with Gasteiger partial charge in [0.05, 0.1) is 16.3 Å². The summed E-state index contributed by atoms with van der Waals surface area (Å²) in [5, 5.41) is 5.15. The summed E-state index contributed by atoms with van der Waals surface area (Å²) in [7, 11) is 1.59. The van der Waals surface area contributed by atoms with Crippen molar-refractivity contribution in [2.24, 2.45) is 7.05 Å². The number of carbonyl (C=O) groups excluding carboxylic acids is 1. The van der Waals surface area contributed by atoms with Gasteiger partial charge in [0.25, 0.3) is 5.91 Å². The Balaban J connectivity index is 1.56. The molecule has 2 aromatic heterocycles. The molecule has 0 bridgehead atoms. The molecule has 0 spiro atoms. The van der Waals surface area contributed by atoms with Gasteiger partial charge in [0, 0.05) is 12.7 Å². The van der Waals surface area contributed by atoms with Gasteiger partial charge in [-0.05, 0) is 30.3 Å². The van der Waals surface area contributed by atoms with Crippen molar-refractivity contribution in [2.45, 2.75) is 6.18 Å². The number of aryl methyl sites for hydroxylation is 1. The normalized spacial score (nSPS) is 13.1. The number of imidazole rings is 1. The van der Waals surface area contributed by atoms with Crippen LogP contribution in [0.3, 0.4) is 0 Å². The zero-order chi connectivity index (χ0) is 26.5. The maximum Gasteiger partial charge on any atom is 0.419 e. The zero-order valence-electron chi connectivity index (χ0n) is 18.7. The number of carbonyl (C=O) groups is 1. The molecule has 1 amide bonds. The number of para-hydroxylation sites is 1. The Labute approximate surface area is 210 Å². The second-order valence-corrected chi connectivity index (χ2v) is 8.26. The maximum atomic E-state index is 14.3. The first kappa shape index (κ1) is 24.6. The van der Waals surface area contributed by atoms with E-state index in [0.717, 1.165) is 6.07 Å². The van der Waals surface area contributed by atoms with Crippen molar-refractivity contribution >= 4 is 46.0 Å². The van der Waals surface area contributed by atoms with Crippen molar-refractivity contribution in [3.05, 3.63) is 64.3 Å². The van der Waals surface area contributed by atoms with Gasteiger partial charge < -0.3 is 24.7 Å². The third-order valence-corrected chi connectivity index (χ3v) is 5.77. The molecule has 0 fully saturated rings. The molecule has 0 unspecified atom stereocenters. The van der Waals surface area contributed by atoms with Crippen LogP contribution in [0, 0.1) is 11.6 Å². The standard InChI is InChI=1S/C23H15ClF5N5O3/c1-34-17-19-18(36-7-8-37-19)16(21(35)30-10-5-6-13(25)11(9-10)23(27,28)29)31-20(17)33-22(34)32-15-12(24)3-2-4-14(15)26/h2-6,9H,7-8H2,1H3,(H,30,35)(H,31,32,33). The summed E-state index contributed by atoms with van der Waals surface area (Å²) in [6.45, 7) is 0.205. The Morgan fingerprint density at radius 1 is 1.05 bits per heavy atom. The Hall–Kier alpha value is -4.13. The molecule has 0 atom stereocenters. The second-order valence-electron chi connectivity index (χ2n) is 7.85. The van der Waals surface area contributed by atoms with Gasteiger partial charge in [-0.25, -0.2) is 13.8 Å². The molecule has 0 aliphatic carbocycles. The van der Waals surface area contributed by atoms with Crippen LogP contribution in [-0.2, 0) is 13.2 Å². The lowest BCUT2D eigenvalue weighted by atomic mass is 10.1. The maximum absolute atomic E-state index is 14.3. The number of alkyl halides is 3. The van der Waals surface area contributed by atoms with Crippen LogP contribution in [0.25, 0.3) is 11.2 Å². The number of ether oxygens (including phenoxy) is 2. The number of pyridine rings is 1. The number of halogens is 6. The van der Waals surface area contributed by atoms with Crippen LogP contribution >= 0.6 is 11.6 Å². The molecule has 192 valence electrons. The van der Waals surface area contributed by atoms with Crippen molar-refractivity contribution < 1.29 is 36.2 Å². The number of anilines is 3. The fourth-order valence-electron chi connectivity index (χ4n) is 3.75. The molecular formula is C23H15ClF5N5O3. The molecule has 0 saturated heterocycles. The molecule has 5 rings (SSSR count). The van der Waals surface area contributed by atoms with E-state index in [2.05, 4.69) is 20.6 Å². The summed E-state index contributed by atoms with van der Waals surface area (Å²) >= 11 is 6.09. The molecular weight excluding hydrogens is 525 g/mol. The first-order chi connectivity index (χ1) is 17.5. The highest BCUT2D eigenvalue weighted by Crippen LogP contribution is 2.41. The average Bonchev–Trinajstić information content (AvgIpc) is 3.16. The highest BCUT2D eigenvalue weighted by Gasteiger charge is 2.35. The van der Waals surface area contributed by atoms with Crippen LogP contribution in [0.4, 0.5) is 39.3 Å².